The van der Waals surface area contributed by atoms with E-state index in [-0.39, 0.29) is 30.2 Å². The summed E-state index contributed by atoms with van der Waals surface area (Å²) in [5.41, 5.74) is 1.84. The molecule has 0 aliphatic heterocycles. The third-order valence-electron chi connectivity index (χ3n) is 4.21. The monoisotopic (exact) mass is 407 g/mol. The van der Waals surface area contributed by atoms with Gasteiger partial charge in [-0.2, -0.15) is 13.2 Å². The van der Waals surface area contributed by atoms with Gasteiger partial charge in [0, 0.05) is 7.11 Å². The first-order chi connectivity index (χ1) is 13.9. The number of methoxy groups -OCH3 is 1. The number of H-pyrrole nitrogens is 1. The molecule has 1 unspecified atom stereocenters. The number of amides is 1. The van der Waals surface area contributed by atoms with Crippen LogP contribution in [-0.4, -0.2) is 42.8 Å². The summed E-state index contributed by atoms with van der Waals surface area (Å²) in [5, 5.41) is 2.87. The Bertz CT molecular complexity index is 958. The van der Waals surface area contributed by atoms with Crippen molar-refractivity contribution in [1.29, 1.82) is 0 Å². The molecule has 1 atom stereocenters. The van der Waals surface area contributed by atoms with Crippen LogP contribution >= 0.6 is 0 Å². The van der Waals surface area contributed by atoms with Crippen molar-refractivity contribution in [3.8, 4) is 0 Å². The van der Waals surface area contributed by atoms with Gasteiger partial charge >= 0.3 is 6.18 Å². The standard InChI is InChI=1S/C20H20F3N3O3/c1-28-9-10-29-12-17(27)26-18(13-5-3-2-4-6-13)14-7-8-15-16(11-14)25-19(24-15)20(21,22)23/h2-8,11,18H,9-10,12H2,1H3,(H,24,25)(H,26,27). The Balaban J connectivity index is 1.87. The highest BCUT2D eigenvalue weighted by atomic mass is 19.4. The number of fused-ring (bicyclic) bond motifs is 1. The molecular formula is C20H20F3N3O3. The summed E-state index contributed by atoms with van der Waals surface area (Å²) in [6.07, 6.45) is -4.56. The predicted molar refractivity (Wildman–Crippen MR) is 100 cm³/mol. The van der Waals surface area contributed by atoms with Crippen LogP contribution in [0.2, 0.25) is 0 Å². The Hall–Kier alpha value is -2.91. The fourth-order valence-electron chi connectivity index (χ4n) is 2.86. The number of benzene rings is 2. The molecule has 0 radical (unpaired) electrons. The van der Waals surface area contributed by atoms with Crippen LogP contribution in [0.15, 0.2) is 48.5 Å². The average Bonchev–Trinajstić information content (AvgIpc) is 3.14. The van der Waals surface area contributed by atoms with E-state index in [9.17, 15) is 18.0 Å². The Morgan fingerprint density at radius 2 is 1.90 bits per heavy atom. The molecule has 0 saturated heterocycles. The number of alkyl halides is 3. The van der Waals surface area contributed by atoms with Gasteiger partial charge in [0.1, 0.15) is 6.61 Å². The van der Waals surface area contributed by atoms with Gasteiger partial charge in [-0.3, -0.25) is 4.79 Å². The van der Waals surface area contributed by atoms with Gasteiger partial charge in [0.25, 0.3) is 0 Å². The molecule has 1 heterocycles. The highest BCUT2D eigenvalue weighted by Gasteiger charge is 2.34. The van der Waals surface area contributed by atoms with Crippen LogP contribution in [-0.2, 0) is 20.4 Å². The molecule has 1 aromatic heterocycles. The lowest BCUT2D eigenvalue weighted by molar-refractivity contribution is -0.144. The Morgan fingerprint density at radius 3 is 2.59 bits per heavy atom. The minimum absolute atomic E-state index is 0.156. The average molecular weight is 407 g/mol. The lowest BCUT2D eigenvalue weighted by Crippen LogP contribution is -2.32. The number of ether oxygens (including phenoxy) is 2. The van der Waals surface area contributed by atoms with E-state index in [1.165, 1.54) is 13.2 Å². The number of carbonyl (C=O) groups is 1. The SMILES string of the molecule is COCCOCC(=O)NC(c1ccccc1)c1ccc2nc(C(F)(F)F)[nH]c2c1. The van der Waals surface area contributed by atoms with Gasteiger partial charge in [0.2, 0.25) is 11.7 Å². The Kier molecular flexibility index (Phi) is 6.50. The number of halogens is 3. The number of carbonyl (C=O) groups excluding carboxylic acids is 1. The van der Waals surface area contributed by atoms with E-state index in [4.69, 9.17) is 9.47 Å². The van der Waals surface area contributed by atoms with Gasteiger partial charge in [-0.15, -0.1) is 0 Å². The summed E-state index contributed by atoms with van der Waals surface area (Å²) in [7, 11) is 1.53. The number of hydrogen-bond donors (Lipinski definition) is 2. The van der Waals surface area contributed by atoms with Crippen molar-refractivity contribution in [3.63, 3.8) is 0 Å². The minimum Gasteiger partial charge on any atom is -0.382 e. The van der Waals surface area contributed by atoms with Gasteiger partial charge in [0.05, 0.1) is 30.3 Å². The van der Waals surface area contributed by atoms with Crippen molar-refractivity contribution >= 4 is 16.9 Å². The highest BCUT2D eigenvalue weighted by molar-refractivity contribution is 5.79. The molecule has 0 saturated carbocycles. The molecule has 0 aliphatic carbocycles. The number of rotatable bonds is 8. The lowest BCUT2D eigenvalue weighted by Gasteiger charge is -2.20. The highest BCUT2D eigenvalue weighted by Crippen LogP contribution is 2.30. The topological polar surface area (TPSA) is 76.2 Å². The third-order valence-corrected chi connectivity index (χ3v) is 4.21. The summed E-state index contributed by atoms with van der Waals surface area (Å²) in [4.78, 5) is 18.2. The van der Waals surface area contributed by atoms with E-state index >= 15 is 0 Å². The first kappa shape index (κ1) is 20.8. The van der Waals surface area contributed by atoms with Crippen molar-refractivity contribution in [2.75, 3.05) is 26.9 Å². The third kappa shape index (κ3) is 5.33. The van der Waals surface area contributed by atoms with Crippen LogP contribution < -0.4 is 5.32 Å². The Morgan fingerprint density at radius 1 is 1.14 bits per heavy atom. The zero-order chi connectivity index (χ0) is 20.9. The molecule has 6 nitrogen and oxygen atoms in total. The van der Waals surface area contributed by atoms with Crippen molar-refractivity contribution in [3.05, 3.63) is 65.5 Å². The molecule has 1 amide bonds. The molecule has 0 aliphatic rings. The summed E-state index contributed by atoms with van der Waals surface area (Å²) >= 11 is 0. The van der Waals surface area contributed by atoms with Gasteiger partial charge < -0.3 is 19.8 Å². The number of aromatic nitrogens is 2. The Labute approximate surface area is 165 Å². The maximum Gasteiger partial charge on any atom is 0.449 e. The zero-order valence-corrected chi connectivity index (χ0v) is 15.6. The normalized spacial score (nSPS) is 12.8. The van der Waals surface area contributed by atoms with Crippen molar-refractivity contribution in [2.45, 2.75) is 12.2 Å². The molecular weight excluding hydrogens is 387 g/mol. The fraction of sp³-hybridized carbons (Fsp3) is 0.300. The molecule has 0 spiro atoms. The van der Waals surface area contributed by atoms with E-state index in [0.717, 1.165) is 5.56 Å². The van der Waals surface area contributed by atoms with Crippen LogP contribution in [0.4, 0.5) is 13.2 Å². The molecule has 9 heteroatoms. The second-order valence-electron chi connectivity index (χ2n) is 6.32. The molecule has 29 heavy (non-hydrogen) atoms. The van der Waals surface area contributed by atoms with Crippen LogP contribution in [0.25, 0.3) is 11.0 Å². The summed E-state index contributed by atoms with van der Waals surface area (Å²) < 4.78 is 48.9. The van der Waals surface area contributed by atoms with Crippen LogP contribution in [0.5, 0.6) is 0 Å². The molecule has 3 rings (SSSR count). The molecule has 0 fully saturated rings. The molecule has 2 N–H and O–H groups in total. The van der Waals surface area contributed by atoms with E-state index < -0.39 is 18.0 Å². The van der Waals surface area contributed by atoms with Crippen LogP contribution in [0, 0.1) is 0 Å². The maximum atomic E-state index is 12.9. The molecule has 3 aromatic rings. The van der Waals surface area contributed by atoms with Gasteiger partial charge in [0.15, 0.2) is 0 Å². The van der Waals surface area contributed by atoms with E-state index in [1.807, 2.05) is 30.3 Å². The van der Waals surface area contributed by atoms with E-state index in [2.05, 4.69) is 15.3 Å². The number of aromatic amines is 1. The van der Waals surface area contributed by atoms with Gasteiger partial charge in [-0.05, 0) is 23.3 Å². The predicted octanol–water partition coefficient (Wildman–Crippen LogP) is 3.45. The van der Waals surface area contributed by atoms with Crippen molar-refractivity contribution < 1.29 is 27.4 Å². The first-order valence-corrected chi connectivity index (χ1v) is 8.86. The number of hydrogen-bond acceptors (Lipinski definition) is 4. The second-order valence-corrected chi connectivity index (χ2v) is 6.32. The molecule has 0 bridgehead atoms. The van der Waals surface area contributed by atoms with Gasteiger partial charge in [-0.1, -0.05) is 36.4 Å². The molecule has 2 aromatic carbocycles. The fourth-order valence-corrected chi connectivity index (χ4v) is 2.86. The second kappa shape index (κ2) is 9.06. The van der Waals surface area contributed by atoms with E-state index in [0.29, 0.717) is 12.2 Å². The van der Waals surface area contributed by atoms with E-state index in [1.54, 1.807) is 12.1 Å². The van der Waals surface area contributed by atoms with Crippen molar-refractivity contribution in [1.82, 2.24) is 15.3 Å². The summed E-state index contributed by atoms with van der Waals surface area (Å²) in [5.74, 6) is -1.41. The lowest BCUT2D eigenvalue weighted by atomic mass is 9.98. The summed E-state index contributed by atoms with van der Waals surface area (Å²) in [6, 6.07) is 13.3. The number of nitrogens with one attached hydrogen (secondary N) is 2. The number of nitrogens with zero attached hydrogens (tertiary/aromatic N) is 1. The quantitative estimate of drug-likeness (QED) is 0.561. The largest absolute Gasteiger partial charge is 0.449 e. The van der Waals surface area contributed by atoms with Gasteiger partial charge in [-0.25, -0.2) is 4.98 Å². The minimum atomic E-state index is -4.56. The van der Waals surface area contributed by atoms with Crippen LogP contribution in [0.3, 0.4) is 0 Å². The number of imidazole rings is 1. The van der Waals surface area contributed by atoms with Crippen molar-refractivity contribution in [2.24, 2.45) is 0 Å². The first-order valence-electron chi connectivity index (χ1n) is 8.86. The maximum absolute atomic E-state index is 12.9. The van der Waals surface area contributed by atoms with Crippen LogP contribution in [0.1, 0.15) is 23.0 Å². The zero-order valence-electron chi connectivity index (χ0n) is 15.6. The smallest absolute Gasteiger partial charge is 0.382 e. The summed E-state index contributed by atoms with van der Waals surface area (Å²) in [6.45, 7) is 0.491. The molecule has 154 valence electrons.